The van der Waals surface area contributed by atoms with Crippen LogP contribution in [0.1, 0.15) is 16.7 Å². The summed E-state index contributed by atoms with van der Waals surface area (Å²) in [5, 5.41) is 2.88. The van der Waals surface area contributed by atoms with Crippen molar-refractivity contribution in [2.45, 2.75) is 13.3 Å². The van der Waals surface area contributed by atoms with Gasteiger partial charge in [-0.25, -0.2) is 0 Å². The van der Waals surface area contributed by atoms with Crippen molar-refractivity contribution in [1.29, 1.82) is 0 Å². The minimum Gasteiger partial charge on any atom is -0.326 e. The number of hydrogen-bond acceptors (Lipinski definition) is 2. The third kappa shape index (κ3) is 4.79. The number of anilines is 1. The lowest BCUT2D eigenvalue weighted by Gasteiger charge is -2.06. The summed E-state index contributed by atoms with van der Waals surface area (Å²) >= 11 is 0. The predicted octanol–water partition coefficient (Wildman–Crippen LogP) is 2.49. The Labute approximate surface area is 125 Å². The fraction of sp³-hybridized carbons (Fsp3) is 0.167. The molecule has 0 saturated carbocycles. The van der Waals surface area contributed by atoms with Crippen molar-refractivity contribution in [3.63, 3.8) is 0 Å². The van der Waals surface area contributed by atoms with Crippen LogP contribution in [0.2, 0.25) is 0 Å². The second-order valence-electron chi connectivity index (χ2n) is 4.79. The van der Waals surface area contributed by atoms with E-state index in [-0.39, 0.29) is 5.91 Å². The van der Waals surface area contributed by atoms with Crippen LogP contribution in [0.4, 0.5) is 5.69 Å². The predicted molar refractivity (Wildman–Crippen MR) is 85.9 cm³/mol. The number of nitrogens with one attached hydrogen (secondary N) is 1. The topological polar surface area (TPSA) is 55.1 Å². The maximum atomic E-state index is 12.0. The molecule has 0 saturated heterocycles. The summed E-state index contributed by atoms with van der Waals surface area (Å²) < 4.78 is 0. The normalized spacial score (nSPS) is 9.62. The standard InChI is InChI=1S/C18H18N2O/c1-14-4-6-16(7-5-14)13-18(21)20-17-10-8-15(9-11-17)3-2-12-19/h4-11H,12-13,19H2,1H3,(H,20,21). The Morgan fingerprint density at radius 3 is 2.38 bits per heavy atom. The minimum atomic E-state index is -0.0281. The Balaban J connectivity index is 1.94. The van der Waals surface area contributed by atoms with Crippen LogP contribution in [0, 0.1) is 18.8 Å². The van der Waals surface area contributed by atoms with Crippen LogP contribution in [-0.4, -0.2) is 12.5 Å². The van der Waals surface area contributed by atoms with Crippen LogP contribution < -0.4 is 11.1 Å². The van der Waals surface area contributed by atoms with Crippen molar-refractivity contribution in [3.8, 4) is 11.8 Å². The van der Waals surface area contributed by atoms with Gasteiger partial charge in [-0.05, 0) is 36.8 Å². The van der Waals surface area contributed by atoms with Crippen LogP contribution >= 0.6 is 0 Å². The van der Waals surface area contributed by atoms with Crippen LogP contribution in [0.25, 0.3) is 0 Å². The lowest BCUT2D eigenvalue weighted by atomic mass is 10.1. The first kappa shape index (κ1) is 14.8. The highest BCUT2D eigenvalue weighted by molar-refractivity contribution is 5.92. The molecule has 3 heteroatoms. The largest absolute Gasteiger partial charge is 0.326 e. The molecule has 0 spiro atoms. The van der Waals surface area contributed by atoms with Crippen molar-refractivity contribution in [2.75, 3.05) is 11.9 Å². The van der Waals surface area contributed by atoms with Gasteiger partial charge in [-0.3, -0.25) is 4.79 Å². The minimum absolute atomic E-state index is 0.0281. The monoisotopic (exact) mass is 278 g/mol. The van der Waals surface area contributed by atoms with E-state index in [4.69, 9.17) is 5.73 Å². The molecule has 1 amide bonds. The summed E-state index contributed by atoms with van der Waals surface area (Å²) in [4.78, 5) is 12.0. The summed E-state index contributed by atoms with van der Waals surface area (Å²) in [6.07, 6.45) is 0.370. The second kappa shape index (κ2) is 7.28. The molecule has 2 aromatic rings. The molecule has 0 aliphatic heterocycles. The molecular weight excluding hydrogens is 260 g/mol. The third-order valence-electron chi connectivity index (χ3n) is 2.99. The quantitative estimate of drug-likeness (QED) is 0.848. The number of aryl methyl sites for hydroxylation is 1. The number of carbonyl (C=O) groups is 1. The van der Waals surface area contributed by atoms with Crippen molar-refractivity contribution in [3.05, 3.63) is 65.2 Å². The zero-order valence-electron chi connectivity index (χ0n) is 12.0. The van der Waals surface area contributed by atoms with Gasteiger partial charge in [-0.1, -0.05) is 41.7 Å². The molecular formula is C18H18N2O. The number of benzene rings is 2. The van der Waals surface area contributed by atoms with Gasteiger partial charge in [0, 0.05) is 11.3 Å². The summed E-state index contributed by atoms with van der Waals surface area (Å²) in [5.41, 5.74) is 9.17. The van der Waals surface area contributed by atoms with Crippen molar-refractivity contribution >= 4 is 11.6 Å². The van der Waals surface area contributed by atoms with Crippen LogP contribution in [0.3, 0.4) is 0 Å². The van der Waals surface area contributed by atoms with Gasteiger partial charge in [0.1, 0.15) is 0 Å². The molecule has 0 atom stereocenters. The Hall–Kier alpha value is -2.57. The van der Waals surface area contributed by atoms with E-state index < -0.39 is 0 Å². The summed E-state index contributed by atoms with van der Waals surface area (Å²) in [6.45, 7) is 2.37. The lowest BCUT2D eigenvalue weighted by molar-refractivity contribution is -0.115. The molecule has 0 heterocycles. The van der Waals surface area contributed by atoms with Crippen molar-refractivity contribution in [1.82, 2.24) is 0 Å². The van der Waals surface area contributed by atoms with Crippen LogP contribution in [-0.2, 0) is 11.2 Å². The Kier molecular flexibility index (Phi) is 5.14. The van der Waals surface area contributed by atoms with E-state index in [1.54, 1.807) is 0 Å². The maximum absolute atomic E-state index is 12.0. The van der Waals surface area contributed by atoms with E-state index in [1.807, 2.05) is 55.5 Å². The molecule has 0 aromatic heterocycles. The molecule has 106 valence electrons. The van der Waals surface area contributed by atoms with E-state index in [9.17, 15) is 4.79 Å². The van der Waals surface area contributed by atoms with Gasteiger partial charge in [0.05, 0.1) is 13.0 Å². The Morgan fingerprint density at radius 2 is 1.76 bits per heavy atom. The first-order valence-electron chi connectivity index (χ1n) is 6.82. The highest BCUT2D eigenvalue weighted by Gasteiger charge is 2.03. The molecule has 2 rings (SSSR count). The maximum Gasteiger partial charge on any atom is 0.228 e. The SMILES string of the molecule is Cc1ccc(CC(=O)Nc2ccc(C#CCN)cc2)cc1. The lowest BCUT2D eigenvalue weighted by Crippen LogP contribution is -2.14. The third-order valence-corrected chi connectivity index (χ3v) is 2.99. The Morgan fingerprint density at radius 1 is 1.10 bits per heavy atom. The summed E-state index contributed by atoms with van der Waals surface area (Å²) in [5.74, 6) is 5.71. The fourth-order valence-electron chi connectivity index (χ4n) is 1.89. The van der Waals surface area contributed by atoms with Gasteiger partial charge in [0.15, 0.2) is 0 Å². The van der Waals surface area contributed by atoms with Gasteiger partial charge in [-0.15, -0.1) is 0 Å². The van der Waals surface area contributed by atoms with E-state index in [1.165, 1.54) is 5.56 Å². The van der Waals surface area contributed by atoms with Gasteiger partial charge in [0.2, 0.25) is 5.91 Å². The number of amides is 1. The molecule has 0 bridgehead atoms. The molecule has 3 N–H and O–H groups in total. The smallest absolute Gasteiger partial charge is 0.228 e. The highest BCUT2D eigenvalue weighted by Crippen LogP contribution is 2.10. The molecule has 3 nitrogen and oxygen atoms in total. The van der Waals surface area contributed by atoms with Gasteiger partial charge in [-0.2, -0.15) is 0 Å². The number of rotatable bonds is 3. The van der Waals surface area contributed by atoms with Crippen LogP contribution in [0.15, 0.2) is 48.5 Å². The van der Waals surface area contributed by atoms with Gasteiger partial charge in [0.25, 0.3) is 0 Å². The molecule has 0 aliphatic rings. The van der Waals surface area contributed by atoms with E-state index in [0.717, 1.165) is 16.8 Å². The summed E-state index contributed by atoms with van der Waals surface area (Å²) in [6, 6.07) is 15.4. The highest BCUT2D eigenvalue weighted by atomic mass is 16.1. The number of nitrogens with two attached hydrogens (primary N) is 1. The van der Waals surface area contributed by atoms with E-state index in [2.05, 4.69) is 17.2 Å². The molecule has 0 unspecified atom stereocenters. The van der Waals surface area contributed by atoms with Crippen molar-refractivity contribution in [2.24, 2.45) is 5.73 Å². The average molecular weight is 278 g/mol. The molecule has 0 aliphatic carbocycles. The van der Waals surface area contributed by atoms with E-state index in [0.29, 0.717) is 13.0 Å². The zero-order valence-corrected chi connectivity index (χ0v) is 12.0. The van der Waals surface area contributed by atoms with Crippen LogP contribution in [0.5, 0.6) is 0 Å². The Bertz CT molecular complexity index is 661. The molecule has 0 radical (unpaired) electrons. The van der Waals surface area contributed by atoms with Gasteiger partial charge < -0.3 is 11.1 Å². The molecule has 0 fully saturated rings. The molecule has 2 aromatic carbocycles. The number of carbonyl (C=O) groups excluding carboxylic acids is 1. The fourth-order valence-corrected chi connectivity index (χ4v) is 1.89. The van der Waals surface area contributed by atoms with E-state index >= 15 is 0 Å². The summed E-state index contributed by atoms with van der Waals surface area (Å²) in [7, 11) is 0. The van der Waals surface area contributed by atoms with Crippen molar-refractivity contribution < 1.29 is 4.79 Å². The second-order valence-corrected chi connectivity index (χ2v) is 4.79. The molecule has 21 heavy (non-hydrogen) atoms. The van der Waals surface area contributed by atoms with Gasteiger partial charge >= 0.3 is 0 Å². The average Bonchev–Trinajstić information content (AvgIpc) is 2.49. The zero-order chi connectivity index (χ0) is 15.1. The first-order chi connectivity index (χ1) is 10.2. The number of hydrogen-bond donors (Lipinski definition) is 2. The first-order valence-corrected chi connectivity index (χ1v) is 6.82.